The van der Waals surface area contributed by atoms with Crippen LogP contribution in [0.4, 0.5) is 0 Å². The van der Waals surface area contributed by atoms with E-state index in [0.29, 0.717) is 27.4 Å². The molecule has 6 heteroatoms. The van der Waals surface area contributed by atoms with Crippen LogP contribution in [0.15, 0.2) is 39.5 Å². The maximum absolute atomic E-state index is 11.8. The lowest BCUT2D eigenvalue weighted by Crippen LogP contribution is -2.22. The second-order valence-corrected chi connectivity index (χ2v) is 4.55. The van der Waals surface area contributed by atoms with Gasteiger partial charge < -0.3 is 9.84 Å². The van der Waals surface area contributed by atoms with Crippen molar-refractivity contribution >= 4 is 33.4 Å². The van der Waals surface area contributed by atoms with Crippen LogP contribution >= 0.6 is 27.5 Å². The molecule has 0 unspecified atom stereocenters. The van der Waals surface area contributed by atoms with Gasteiger partial charge in [0.25, 0.3) is 5.91 Å². The average molecular weight is 316 g/mol. The molecule has 1 aromatic carbocycles. The summed E-state index contributed by atoms with van der Waals surface area (Å²) in [5.74, 6) is 0.408. The van der Waals surface area contributed by atoms with Gasteiger partial charge in [-0.1, -0.05) is 16.8 Å². The molecule has 0 aliphatic carbocycles. The number of carbonyl (C=O) groups is 1. The van der Waals surface area contributed by atoms with Crippen molar-refractivity contribution < 1.29 is 9.32 Å². The van der Waals surface area contributed by atoms with Crippen LogP contribution < -0.4 is 5.32 Å². The Labute approximate surface area is 111 Å². The number of amides is 1. The lowest BCUT2D eigenvalue weighted by atomic mass is 10.2. The van der Waals surface area contributed by atoms with Crippen LogP contribution in [-0.2, 0) is 6.54 Å². The number of aromatic nitrogens is 1. The minimum Gasteiger partial charge on any atom is -0.360 e. The third-order valence-electron chi connectivity index (χ3n) is 2.10. The molecule has 1 N–H and O–H groups in total. The second-order valence-electron chi connectivity index (χ2n) is 3.29. The third-order valence-corrected chi connectivity index (χ3v) is 3.31. The Morgan fingerprint density at radius 3 is 2.94 bits per heavy atom. The highest BCUT2D eigenvalue weighted by atomic mass is 79.9. The lowest BCUT2D eigenvalue weighted by molar-refractivity contribution is 0.0947. The molecular formula is C11H8BrClN2O2. The van der Waals surface area contributed by atoms with Gasteiger partial charge in [-0.3, -0.25) is 4.79 Å². The van der Waals surface area contributed by atoms with Crippen LogP contribution in [0.1, 0.15) is 16.1 Å². The maximum Gasteiger partial charge on any atom is 0.251 e. The zero-order chi connectivity index (χ0) is 12.3. The lowest BCUT2D eigenvalue weighted by Gasteiger charge is -2.04. The topological polar surface area (TPSA) is 55.1 Å². The number of nitrogens with one attached hydrogen (secondary N) is 1. The van der Waals surface area contributed by atoms with Gasteiger partial charge in [0.15, 0.2) is 5.76 Å². The molecule has 1 heterocycles. The van der Waals surface area contributed by atoms with Crippen molar-refractivity contribution in [3.8, 4) is 0 Å². The van der Waals surface area contributed by atoms with Crippen LogP contribution in [0.25, 0.3) is 0 Å². The van der Waals surface area contributed by atoms with Crippen LogP contribution in [0.5, 0.6) is 0 Å². The summed E-state index contributed by atoms with van der Waals surface area (Å²) in [5, 5.41) is 6.83. The molecule has 0 atom stereocenters. The zero-order valence-electron chi connectivity index (χ0n) is 8.61. The van der Waals surface area contributed by atoms with Gasteiger partial charge in [0, 0.05) is 16.1 Å². The van der Waals surface area contributed by atoms with Crippen LogP contribution in [0.3, 0.4) is 0 Å². The summed E-state index contributed by atoms with van der Waals surface area (Å²) in [7, 11) is 0. The minimum atomic E-state index is -0.196. The Balaban J connectivity index is 2.02. The molecule has 0 aliphatic rings. The van der Waals surface area contributed by atoms with E-state index in [0.717, 1.165) is 0 Å². The van der Waals surface area contributed by atoms with Gasteiger partial charge in [-0.2, -0.15) is 0 Å². The molecule has 0 saturated carbocycles. The molecule has 1 aromatic heterocycles. The Morgan fingerprint density at radius 2 is 2.29 bits per heavy atom. The van der Waals surface area contributed by atoms with Crippen LogP contribution in [0, 0.1) is 0 Å². The summed E-state index contributed by atoms with van der Waals surface area (Å²) in [6.07, 6.45) is 1.53. The smallest absolute Gasteiger partial charge is 0.251 e. The normalized spacial score (nSPS) is 10.2. The third kappa shape index (κ3) is 3.08. The SMILES string of the molecule is O=C(NCc1ccno1)c1ccc(Cl)c(Br)c1. The van der Waals surface area contributed by atoms with Gasteiger partial charge in [-0.25, -0.2) is 0 Å². The zero-order valence-corrected chi connectivity index (χ0v) is 11.0. The fraction of sp³-hybridized carbons (Fsp3) is 0.0909. The van der Waals surface area contributed by atoms with Gasteiger partial charge in [0.2, 0.25) is 0 Å². The Bertz CT molecular complexity index is 528. The van der Waals surface area contributed by atoms with Gasteiger partial charge >= 0.3 is 0 Å². The van der Waals surface area contributed by atoms with E-state index in [2.05, 4.69) is 26.4 Å². The van der Waals surface area contributed by atoms with E-state index in [9.17, 15) is 4.79 Å². The van der Waals surface area contributed by atoms with Crippen molar-refractivity contribution in [3.63, 3.8) is 0 Å². The van der Waals surface area contributed by atoms with Crippen molar-refractivity contribution in [1.82, 2.24) is 10.5 Å². The van der Waals surface area contributed by atoms with Crippen LogP contribution in [-0.4, -0.2) is 11.1 Å². The monoisotopic (exact) mass is 314 g/mol. The number of benzene rings is 1. The van der Waals surface area contributed by atoms with E-state index < -0.39 is 0 Å². The molecule has 0 aliphatic heterocycles. The van der Waals surface area contributed by atoms with Crippen molar-refractivity contribution in [1.29, 1.82) is 0 Å². The van der Waals surface area contributed by atoms with E-state index in [1.807, 2.05) is 0 Å². The Hall–Kier alpha value is -1.33. The number of rotatable bonds is 3. The highest BCUT2D eigenvalue weighted by Gasteiger charge is 2.08. The molecular weight excluding hydrogens is 307 g/mol. The van der Waals surface area contributed by atoms with Crippen molar-refractivity contribution in [2.24, 2.45) is 0 Å². The molecule has 0 spiro atoms. The first-order chi connectivity index (χ1) is 8.16. The van der Waals surface area contributed by atoms with Crippen molar-refractivity contribution in [2.75, 3.05) is 0 Å². The van der Waals surface area contributed by atoms with Crippen molar-refractivity contribution in [3.05, 3.63) is 51.3 Å². The predicted octanol–water partition coefficient (Wildman–Crippen LogP) is 3.02. The van der Waals surface area contributed by atoms with E-state index in [1.165, 1.54) is 6.20 Å². The number of halogens is 2. The van der Waals surface area contributed by atoms with Gasteiger partial charge in [0.05, 0.1) is 17.8 Å². The number of hydrogen-bond acceptors (Lipinski definition) is 3. The number of hydrogen-bond donors (Lipinski definition) is 1. The number of nitrogens with zero attached hydrogens (tertiary/aromatic N) is 1. The number of carbonyl (C=O) groups excluding carboxylic acids is 1. The fourth-order valence-electron chi connectivity index (χ4n) is 1.24. The van der Waals surface area contributed by atoms with Gasteiger partial charge in [-0.15, -0.1) is 0 Å². The summed E-state index contributed by atoms with van der Waals surface area (Å²) in [4.78, 5) is 11.8. The first-order valence-electron chi connectivity index (χ1n) is 4.79. The van der Waals surface area contributed by atoms with Crippen molar-refractivity contribution in [2.45, 2.75) is 6.54 Å². The summed E-state index contributed by atoms with van der Waals surface area (Å²) in [6, 6.07) is 6.67. The molecule has 0 saturated heterocycles. The standard InChI is InChI=1S/C11H8BrClN2O2/c12-9-5-7(1-2-10(9)13)11(16)14-6-8-3-4-15-17-8/h1-5H,6H2,(H,14,16). The highest BCUT2D eigenvalue weighted by Crippen LogP contribution is 2.23. The van der Waals surface area contributed by atoms with E-state index in [4.69, 9.17) is 16.1 Å². The largest absolute Gasteiger partial charge is 0.360 e. The summed E-state index contributed by atoms with van der Waals surface area (Å²) >= 11 is 9.11. The van der Waals surface area contributed by atoms with E-state index in [-0.39, 0.29) is 5.91 Å². The van der Waals surface area contributed by atoms with Crippen LogP contribution in [0.2, 0.25) is 5.02 Å². The molecule has 1 amide bonds. The second kappa shape index (κ2) is 5.33. The van der Waals surface area contributed by atoms with Gasteiger partial charge in [0.1, 0.15) is 0 Å². The Morgan fingerprint density at radius 1 is 1.47 bits per heavy atom. The maximum atomic E-state index is 11.8. The molecule has 2 aromatic rings. The van der Waals surface area contributed by atoms with E-state index in [1.54, 1.807) is 24.3 Å². The minimum absolute atomic E-state index is 0.196. The first kappa shape index (κ1) is 12.1. The first-order valence-corrected chi connectivity index (χ1v) is 5.97. The molecule has 88 valence electrons. The Kier molecular flexibility index (Phi) is 3.81. The molecule has 2 rings (SSSR count). The highest BCUT2D eigenvalue weighted by molar-refractivity contribution is 9.10. The summed E-state index contributed by atoms with van der Waals surface area (Å²) < 4.78 is 5.55. The predicted molar refractivity (Wildman–Crippen MR) is 66.8 cm³/mol. The molecule has 17 heavy (non-hydrogen) atoms. The molecule has 4 nitrogen and oxygen atoms in total. The van der Waals surface area contributed by atoms with Gasteiger partial charge in [-0.05, 0) is 34.1 Å². The molecule has 0 bridgehead atoms. The fourth-order valence-corrected chi connectivity index (χ4v) is 1.74. The average Bonchev–Trinajstić information content (AvgIpc) is 2.82. The molecule has 0 radical (unpaired) electrons. The summed E-state index contributed by atoms with van der Waals surface area (Å²) in [6.45, 7) is 0.305. The summed E-state index contributed by atoms with van der Waals surface area (Å²) in [5.41, 5.74) is 0.529. The molecule has 0 fully saturated rings. The quantitative estimate of drug-likeness (QED) is 0.947. The van der Waals surface area contributed by atoms with E-state index >= 15 is 0 Å².